The van der Waals surface area contributed by atoms with Crippen molar-refractivity contribution in [1.29, 1.82) is 0 Å². The summed E-state index contributed by atoms with van der Waals surface area (Å²) >= 11 is 0. The lowest BCUT2D eigenvalue weighted by molar-refractivity contribution is -0.114. The summed E-state index contributed by atoms with van der Waals surface area (Å²) < 4.78 is 18.9. The predicted molar refractivity (Wildman–Crippen MR) is 129 cm³/mol. The van der Waals surface area contributed by atoms with Crippen molar-refractivity contribution in [3.63, 3.8) is 0 Å². The monoisotopic (exact) mass is 448 g/mol. The van der Waals surface area contributed by atoms with Crippen molar-refractivity contribution in [2.45, 2.75) is 46.1 Å². The molecular weight excluding hydrogens is 419 g/mol. The molecule has 2 N–H and O–H groups in total. The van der Waals surface area contributed by atoms with Crippen LogP contribution in [-0.4, -0.2) is 17.5 Å². The zero-order chi connectivity index (χ0) is 24.0. The van der Waals surface area contributed by atoms with Crippen molar-refractivity contribution in [2.75, 3.05) is 10.6 Å². The number of rotatable bonds is 7. The van der Waals surface area contributed by atoms with Gasteiger partial charge in [-0.05, 0) is 93.3 Å². The van der Waals surface area contributed by atoms with Gasteiger partial charge in [-0.25, -0.2) is 9.18 Å². The number of hydrogen-bond acceptors (Lipinski definition) is 4. The SMILES string of the molecule is CC(=O)Nc1ccc(CCc2ccc(C(=O)OC(C)(C)C)c(Nc3ccc(F)cc3)c2)cc1. The molecule has 0 bridgehead atoms. The molecule has 0 saturated carbocycles. The van der Waals surface area contributed by atoms with Gasteiger partial charge in [0, 0.05) is 18.3 Å². The molecule has 6 heteroatoms. The highest BCUT2D eigenvalue weighted by molar-refractivity contribution is 5.97. The van der Waals surface area contributed by atoms with E-state index in [2.05, 4.69) is 10.6 Å². The van der Waals surface area contributed by atoms with E-state index in [1.807, 2.05) is 57.2 Å². The van der Waals surface area contributed by atoms with Crippen molar-refractivity contribution < 1.29 is 18.7 Å². The van der Waals surface area contributed by atoms with E-state index in [0.29, 0.717) is 16.9 Å². The Kier molecular flexibility index (Phi) is 7.48. The Bertz CT molecular complexity index is 1120. The molecule has 33 heavy (non-hydrogen) atoms. The summed E-state index contributed by atoms with van der Waals surface area (Å²) in [6.45, 7) is 6.95. The van der Waals surface area contributed by atoms with Crippen LogP contribution in [0, 0.1) is 5.82 Å². The maximum atomic E-state index is 13.3. The summed E-state index contributed by atoms with van der Waals surface area (Å²) in [5, 5.41) is 5.98. The molecule has 0 aliphatic heterocycles. The van der Waals surface area contributed by atoms with Gasteiger partial charge in [0.1, 0.15) is 11.4 Å². The van der Waals surface area contributed by atoms with Crippen LogP contribution >= 0.6 is 0 Å². The number of hydrogen-bond donors (Lipinski definition) is 2. The van der Waals surface area contributed by atoms with E-state index in [1.54, 1.807) is 18.2 Å². The molecule has 0 aromatic heterocycles. The van der Waals surface area contributed by atoms with Crippen LogP contribution in [0.4, 0.5) is 21.5 Å². The first-order valence-corrected chi connectivity index (χ1v) is 10.8. The Hall–Kier alpha value is -3.67. The maximum absolute atomic E-state index is 13.3. The average Bonchev–Trinajstić information content (AvgIpc) is 2.73. The van der Waals surface area contributed by atoms with E-state index in [0.717, 1.165) is 29.7 Å². The molecule has 0 saturated heterocycles. The zero-order valence-corrected chi connectivity index (χ0v) is 19.4. The van der Waals surface area contributed by atoms with E-state index in [9.17, 15) is 14.0 Å². The number of anilines is 3. The fraction of sp³-hybridized carbons (Fsp3) is 0.259. The third kappa shape index (κ3) is 7.45. The number of nitrogens with one attached hydrogen (secondary N) is 2. The molecule has 0 fully saturated rings. The molecule has 3 aromatic rings. The summed E-state index contributed by atoms with van der Waals surface area (Å²) in [6.07, 6.45) is 1.55. The Balaban J connectivity index is 1.80. The van der Waals surface area contributed by atoms with Crippen LogP contribution in [0.1, 0.15) is 49.2 Å². The minimum atomic E-state index is -0.619. The molecule has 0 aliphatic rings. The fourth-order valence-electron chi connectivity index (χ4n) is 3.30. The standard InChI is InChI=1S/C27H29FN2O3/c1-18(31)29-22-12-7-19(8-13-22)5-6-20-9-16-24(26(32)33-27(2,3)4)25(17-20)30-23-14-10-21(28)11-15-23/h7-17,30H,5-6H2,1-4H3,(H,29,31). The van der Waals surface area contributed by atoms with Crippen molar-refractivity contribution in [3.05, 3.63) is 89.2 Å². The van der Waals surface area contributed by atoms with Gasteiger partial charge in [-0.1, -0.05) is 18.2 Å². The van der Waals surface area contributed by atoms with Gasteiger partial charge >= 0.3 is 5.97 Å². The third-order valence-electron chi connectivity index (χ3n) is 4.80. The second kappa shape index (κ2) is 10.3. The maximum Gasteiger partial charge on any atom is 0.340 e. The average molecular weight is 449 g/mol. The number of ether oxygens (including phenoxy) is 1. The van der Waals surface area contributed by atoms with Gasteiger partial charge in [0.25, 0.3) is 0 Å². The van der Waals surface area contributed by atoms with E-state index in [-0.39, 0.29) is 11.7 Å². The number of carbonyl (C=O) groups excluding carboxylic acids is 2. The molecule has 0 heterocycles. The number of amides is 1. The highest BCUT2D eigenvalue weighted by Crippen LogP contribution is 2.26. The number of benzene rings is 3. The molecule has 5 nitrogen and oxygen atoms in total. The van der Waals surface area contributed by atoms with Gasteiger partial charge in [-0.2, -0.15) is 0 Å². The minimum Gasteiger partial charge on any atom is -0.456 e. The topological polar surface area (TPSA) is 67.4 Å². The first-order valence-electron chi connectivity index (χ1n) is 10.8. The zero-order valence-electron chi connectivity index (χ0n) is 19.4. The molecule has 0 atom stereocenters. The van der Waals surface area contributed by atoms with Crippen LogP contribution in [0.25, 0.3) is 0 Å². The van der Waals surface area contributed by atoms with E-state index in [1.165, 1.54) is 19.1 Å². The van der Waals surface area contributed by atoms with Gasteiger partial charge in [-0.3, -0.25) is 4.79 Å². The number of halogens is 1. The lowest BCUT2D eigenvalue weighted by Gasteiger charge is -2.21. The van der Waals surface area contributed by atoms with Crippen molar-refractivity contribution in [3.8, 4) is 0 Å². The third-order valence-corrected chi connectivity index (χ3v) is 4.80. The minimum absolute atomic E-state index is 0.103. The van der Waals surface area contributed by atoms with E-state index in [4.69, 9.17) is 4.74 Å². The number of esters is 1. The second-order valence-electron chi connectivity index (χ2n) is 8.89. The van der Waals surface area contributed by atoms with Crippen molar-refractivity contribution >= 4 is 28.9 Å². The summed E-state index contributed by atoms with van der Waals surface area (Å²) in [7, 11) is 0. The van der Waals surface area contributed by atoms with Gasteiger partial charge in [-0.15, -0.1) is 0 Å². The lowest BCUT2D eigenvalue weighted by atomic mass is 10.0. The first-order chi connectivity index (χ1) is 15.6. The van der Waals surface area contributed by atoms with Crippen LogP contribution in [0.5, 0.6) is 0 Å². The molecule has 0 aliphatic carbocycles. The Morgan fingerprint density at radius 3 is 2.03 bits per heavy atom. The van der Waals surface area contributed by atoms with Crippen molar-refractivity contribution in [1.82, 2.24) is 0 Å². The summed E-state index contributed by atoms with van der Waals surface area (Å²) in [5.41, 5.74) is 4.01. The van der Waals surface area contributed by atoms with Crippen LogP contribution < -0.4 is 10.6 Å². The second-order valence-corrected chi connectivity index (χ2v) is 8.89. The Morgan fingerprint density at radius 2 is 1.42 bits per heavy atom. The molecule has 0 radical (unpaired) electrons. The fourth-order valence-corrected chi connectivity index (χ4v) is 3.30. The predicted octanol–water partition coefficient (Wildman–Crippen LogP) is 6.27. The quantitative estimate of drug-likeness (QED) is 0.418. The number of aryl methyl sites for hydroxylation is 2. The van der Waals surface area contributed by atoms with Crippen LogP contribution in [-0.2, 0) is 22.4 Å². The van der Waals surface area contributed by atoms with Crippen LogP contribution in [0.2, 0.25) is 0 Å². The molecule has 172 valence electrons. The van der Waals surface area contributed by atoms with Crippen LogP contribution in [0.15, 0.2) is 66.7 Å². The van der Waals surface area contributed by atoms with E-state index < -0.39 is 11.6 Å². The molecule has 0 spiro atoms. The van der Waals surface area contributed by atoms with Gasteiger partial charge in [0.05, 0.1) is 11.3 Å². The van der Waals surface area contributed by atoms with Crippen molar-refractivity contribution in [2.24, 2.45) is 0 Å². The Labute approximate surface area is 194 Å². The molecule has 3 rings (SSSR count). The highest BCUT2D eigenvalue weighted by Gasteiger charge is 2.21. The first kappa shape index (κ1) is 24.0. The van der Waals surface area contributed by atoms with E-state index >= 15 is 0 Å². The summed E-state index contributed by atoms with van der Waals surface area (Å²) in [4.78, 5) is 23.9. The largest absolute Gasteiger partial charge is 0.456 e. The smallest absolute Gasteiger partial charge is 0.340 e. The molecular formula is C27H29FN2O3. The van der Waals surface area contributed by atoms with Gasteiger partial charge in [0.15, 0.2) is 0 Å². The van der Waals surface area contributed by atoms with Crippen LogP contribution in [0.3, 0.4) is 0 Å². The molecule has 0 unspecified atom stereocenters. The summed E-state index contributed by atoms with van der Waals surface area (Å²) in [5.74, 6) is -0.854. The Morgan fingerprint density at radius 1 is 0.848 bits per heavy atom. The molecule has 1 amide bonds. The summed E-state index contributed by atoms with van der Waals surface area (Å²) in [6, 6.07) is 19.3. The van der Waals surface area contributed by atoms with Gasteiger partial charge in [0.2, 0.25) is 5.91 Å². The lowest BCUT2D eigenvalue weighted by Crippen LogP contribution is -2.24. The molecule has 3 aromatic carbocycles. The highest BCUT2D eigenvalue weighted by atomic mass is 19.1. The number of carbonyl (C=O) groups is 2. The van der Waals surface area contributed by atoms with Gasteiger partial charge < -0.3 is 15.4 Å². The normalized spacial score (nSPS) is 11.1.